The van der Waals surface area contributed by atoms with Crippen LogP contribution in [-0.4, -0.2) is 48.7 Å². The number of nitrogens with zero attached hydrogens (tertiary/aromatic N) is 2. The van der Waals surface area contributed by atoms with Gasteiger partial charge in [0.05, 0.1) is 6.04 Å². The smallest absolute Gasteiger partial charge is 0.191 e. The van der Waals surface area contributed by atoms with E-state index < -0.39 is 0 Å². The predicted octanol–water partition coefficient (Wildman–Crippen LogP) is 2.08. The van der Waals surface area contributed by atoms with Gasteiger partial charge in [-0.1, -0.05) is 0 Å². The van der Waals surface area contributed by atoms with E-state index in [1.165, 1.54) is 0 Å². The van der Waals surface area contributed by atoms with E-state index in [0.29, 0.717) is 18.1 Å². The molecule has 0 radical (unpaired) electrons. The second kappa shape index (κ2) is 11.1. The molecule has 136 valence electrons. The van der Waals surface area contributed by atoms with Crippen molar-refractivity contribution in [3.63, 3.8) is 0 Å². The summed E-state index contributed by atoms with van der Waals surface area (Å²) in [6.07, 6.45) is 0. The molecule has 0 aromatic rings. The summed E-state index contributed by atoms with van der Waals surface area (Å²) in [5.74, 6) is 1.69. The van der Waals surface area contributed by atoms with E-state index in [4.69, 9.17) is 4.99 Å². The lowest BCUT2D eigenvalue weighted by Gasteiger charge is -2.21. The van der Waals surface area contributed by atoms with Crippen molar-refractivity contribution in [3.8, 4) is 0 Å². The minimum Gasteiger partial charge on any atom is -0.354 e. The van der Waals surface area contributed by atoms with Crippen molar-refractivity contribution in [2.75, 3.05) is 6.54 Å². The molecule has 0 fully saturated rings. The van der Waals surface area contributed by atoms with Gasteiger partial charge in [0.25, 0.3) is 0 Å². The Bertz CT molecular complexity index is 359. The van der Waals surface area contributed by atoms with E-state index in [9.17, 15) is 0 Å². The minimum absolute atomic E-state index is 0.133. The second-order valence-electron chi connectivity index (χ2n) is 7.18. The van der Waals surface area contributed by atoms with Crippen molar-refractivity contribution in [3.05, 3.63) is 0 Å². The summed E-state index contributed by atoms with van der Waals surface area (Å²) < 4.78 is 0. The third kappa shape index (κ3) is 12.7. The van der Waals surface area contributed by atoms with E-state index >= 15 is 0 Å². The minimum atomic E-state index is 0.133. The van der Waals surface area contributed by atoms with Crippen LogP contribution in [0.2, 0.25) is 0 Å². The number of rotatable bonds is 7. The van der Waals surface area contributed by atoms with Crippen LogP contribution in [0.4, 0.5) is 0 Å². The van der Waals surface area contributed by atoms with Crippen molar-refractivity contribution in [1.29, 1.82) is 0 Å². The molecule has 0 saturated carbocycles. The fraction of sp³-hybridized carbons (Fsp3) is 0.882. The Kier molecular flexibility index (Phi) is 10.4. The van der Waals surface area contributed by atoms with Crippen LogP contribution in [0.25, 0.3) is 0 Å². The molecule has 0 amide bonds. The Morgan fingerprint density at radius 2 is 1.09 bits per heavy atom. The summed E-state index contributed by atoms with van der Waals surface area (Å²) in [4.78, 5) is 9.32. The Labute approximate surface area is 143 Å². The van der Waals surface area contributed by atoms with Crippen LogP contribution in [0, 0.1) is 0 Å². The Balaban J connectivity index is 4.73. The van der Waals surface area contributed by atoms with Gasteiger partial charge in [-0.25, -0.2) is 4.99 Å². The molecule has 0 aromatic heterocycles. The third-order valence-corrected chi connectivity index (χ3v) is 2.58. The molecule has 0 bridgehead atoms. The van der Waals surface area contributed by atoms with Crippen LogP contribution >= 0.6 is 0 Å². The van der Waals surface area contributed by atoms with Crippen molar-refractivity contribution < 1.29 is 0 Å². The molecule has 1 unspecified atom stereocenters. The van der Waals surface area contributed by atoms with E-state index in [1.54, 1.807) is 0 Å². The lowest BCUT2D eigenvalue weighted by molar-refractivity contribution is 0.622. The Morgan fingerprint density at radius 3 is 1.48 bits per heavy atom. The van der Waals surface area contributed by atoms with Gasteiger partial charge in [0.15, 0.2) is 11.9 Å². The first-order chi connectivity index (χ1) is 10.6. The first-order valence-electron chi connectivity index (χ1n) is 8.79. The quantitative estimate of drug-likeness (QED) is 0.427. The van der Waals surface area contributed by atoms with Gasteiger partial charge in [0.1, 0.15) is 0 Å². The largest absolute Gasteiger partial charge is 0.354 e. The zero-order valence-electron chi connectivity index (χ0n) is 16.5. The van der Waals surface area contributed by atoms with Crippen LogP contribution in [0.1, 0.15) is 62.3 Å². The average molecular weight is 327 g/mol. The SMILES string of the molecule is CC(C)N=C(NCC(C)N=C(NC(C)C)NC(C)C)NC(C)C. The van der Waals surface area contributed by atoms with E-state index in [-0.39, 0.29) is 12.1 Å². The van der Waals surface area contributed by atoms with E-state index in [2.05, 4.69) is 88.6 Å². The van der Waals surface area contributed by atoms with Crippen LogP contribution in [-0.2, 0) is 0 Å². The Morgan fingerprint density at radius 1 is 0.652 bits per heavy atom. The van der Waals surface area contributed by atoms with Gasteiger partial charge in [-0.3, -0.25) is 4.99 Å². The van der Waals surface area contributed by atoms with Gasteiger partial charge in [-0.2, -0.15) is 0 Å². The van der Waals surface area contributed by atoms with Crippen LogP contribution in [0.5, 0.6) is 0 Å². The first-order valence-corrected chi connectivity index (χ1v) is 8.79. The van der Waals surface area contributed by atoms with Gasteiger partial charge in [-0.05, 0) is 62.3 Å². The highest BCUT2D eigenvalue weighted by Crippen LogP contribution is 1.92. The molecule has 0 saturated heterocycles. The monoisotopic (exact) mass is 326 g/mol. The maximum Gasteiger partial charge on any atom is 0.191 e. The summed E-state index contributed by atoms with van der Waals surface area (Å²) in [5.41, 5.74) is 0. The molecule has 0 rings (SSSR count). The highest BCUT2D eigenvalue weighted by molar-refractivity contribution is 5.81. The zero-order valence-corrected chi connectivity index (χ0v) is 16.5. The lowest BCUT2D eigenvalue weighted by atomic mass is 10.3. The number of guanidine groups is 2. The topological polar surface area (TPSA) is 72.8 Å². The second-order valence-corrected chi connectivity index (χ2v) is 7.18. The average Bonchev–Trinajstić information content (AvgIpc) is 2.32. The van der Waals surface area contributed by atoms with E-state index in [1.807, 2.05) is 0 Å². The van der Waals surface area contributed by atoms with Crippen molar-refractivity contribution >= 4 is 11.9 Å². The van der Waals surface area contributed by atoms with Crippen LogP contribution < -0.4 is 21.3 Å². The highest BCUT2D eigenvalue weighted by atomic mass is 15.2. The summed E-state index contributed by atoms with van der Waals surface area (Å²) in [7, 11) is 0. The van der Waals surface area contributed by atoms with Crippen LogP contribution in [0.3, 0.4) is 0 Å². The van der Waals surface area contributed by atoms with Gasteiger partial charge in [-0.15, -0.1) is 0 Å². The maximum absolute atomic E-state index is 4.74. The van der Waals surface area contributed by atoms with Crippen molar-refractivity contribution in [2.24, 2.45) is 9.98 Å². The lowest BCUT2D eigenvalue weighted by Crippen LogP contribution is -2.46. The third-order valence-electron chi connectivity index (χ3n) is 2.58. The van der Waals surface area contributed by atoms with Crippen molar-refractivity contribution in [2.45, 2.75) is 92.5 Å². The molecule has 23 heavy (non-hydrogen) atoms. The number of aliphatic imine (C=N–C) groups is 2. The van der Waals surface area contributed by atoms with Gasteiger partial charge in [0, 0.05) is 30.7 Å². The molecule has 6 nitrogen and oxygen atoms in total. The molecular weight excluding hydrogens is 288 g/mol. The van der Waals surface area contributed by atoms with Crippen molar-refractivity contribution in [1.82, 2.24) is 21.3 Å². The Hall–Kier alpha value is -1.46. The number of nitrogens with one attached hydrogen (secondary N) is 4. The van der Waals surface area contributed by atoms with E-state index in [0.717, 1.165) is 18.5 Å². The summed E-state index contributed by atoms with van der Waals surface area (Å²) >= 11 is 0. The standard InChI is InChI=1S/C17H38N6/c1-11(2)19-16(20-12(3)4)18-10-15(9)23-17(21-13(5)6)22-14(7)8/h11-15H,10H2,1-9H3,(H2,18,19,20)(H2,21,22,23). The molecule has 4 N–H and O–H groups in total. The molecule has 0 aromatic carbocycles. The summed E-state index contributed by atoms with van der Waals surface area (Å²) in [5, 5.41) is 13.4. The molecular formula is C17H38N6. The summed E-state index contributed by atoms with van der Waals surface area (Å²) in [6.45, 7) is 19.6. The number of hydrogen-bond donors (Lipinski definition) is 4. The molecule has 0 aliphatic carbocycles. The number of hydrogen-bond acceptors (Lipinski definition) is 2. The molecule has 0 aliphatic heterocycles. The molecule has 1 atom stereocenters. The van der Waals surface area contributed by atoms with Gasteiger partial charge < -0.3 is 21.3 Å². The maximum atomic E-state index is 4.74. The normalized spacial score (nSPS) is 13.5. The summed E-state index contributed by atoms with van der Waals surface area (Å²) in [6, 6.07) is 1.43. The fourth-order valence-electron chi connectivity index (χ4n) is 1.84. The fourth-order valence-corrected chi connectivity index (χ4v) is 1.84. The zero-order chi connectivity index (χ0) is 18.0. The van der Waals surface area contributed by atoms with Gasteiger partial charge in [0.2, 0.25) is 0 Å². The predicted molar refractivity (Wildman–Crippen MR) is 102 cm³/mol. The van der Waals surface area contributed by atoms with Crippen LogP contribution in [0.15, 0.2) is 9.98 Å². The van der Waals surface area contributed by atoms with Gasteiger partial charge >= 0.3 is 0 Å². The highest BCUT2D eigenvalue weighted by Gasteiger charge is 2.08. The molecule has 0 heterocycles. The molecule has 0 aliphatic rings. The molecule has 6 heteroatoms. The first kappa shape index (κ1) is 21.5. The molecule has 0 spiro atoms.